The minimum Gasteiger partial charge on any atom is -0.356 e. The van der Waals surface area contributed by atoms with Gasteiger partial charge in [0.05, 0.1) is 0 Å². The number of hydrogen-bond donors (Lipinski definition) is 1. The van der Waals surface area contributed by atoms with E-state index in [2.05, 4.69) is 34.6 Å². The first kappa shape index (κ1) is 27.3. The molecule has 0 saturated heterocycles. The van der Waals surface area contributed by atoms with E-state index in [9.17, 15) is 9.59 Å². The molecule has 3 rings (SSSR count). The van der Waals surface area contributed by atoms with Gasteiger partial charge in [-0.25, -0.2) is 4.98 Å². The van der Waals surface area contributed by atoms with E-state index >= 15 is 0 Å². The number of unbranched alkanes of at least 4 members (excludes halogenated alkanes) is 1. The zero-order valence-electron chi connectivity index (χ0n) is 20.4. The summed E-state index contributed by atoms with van der Waals surface area (Å²) in [6, 6.07) is 13.6. The van der Waals surface area contributed by atoms with Crippen LogP contribution in [-0.4, -0.2) is 27.8 Å². The second-order valence-electron chi connectivity index (χ2n) is 8.63. The summed E-state index contributed by atoms with van der Waals surface area (Å²) in [5.41, 5.74) is 4.77. The molecule has 3 aromatic rings. The van der Waals surface area contributed by atoms with Crippen LogP contribution in [0.5, 0.6) is 0 Å². The third-order valence-corrected chi connectivity index (χ3v) is 7.52. The predicted molar refractivity (Wildman–Crippen MR) is 146 cm³/mol. The fourth-order valence-electron chi connectivity index (χ4n) is 3.67. The molecule has 0 unspecified atom stereocenters. The Morgan fingerprint density at radius 2 is 1.83 bits per heavy atom. The van der Waals surface area contributed by atoms with Crippen LogP contribution in [0.1, 0.15) is 47.2 Å². The standard InChI is InChI=1S/C27H31Cl2N3O2S/c1-18-7-9-20(10-8-18)16-23-19(2)31-27(32(3)26(23)34)35-15-5-4-6-25(33)30-14-13-21-11-12-22(28)17-24(21)29/h7-12,17H,4-6,13-16H2,1-3H3,(H,30,33). The van der Waals surface area contributed by atoms with E-state index in [-0.39, 0.29) is 11.5 Å². The number of amides is 1. The van der Waals surface area contributed by atoms with Crippen LogP contribution >= 0.6 is 35.0 Å². The number of carbonyl (C=O) groups is 1. The van der Waals surface area contributed by atoms with E-state index < -0.39 is 0 Å². The zero-order valence-corrected chi connectivity index (χ0v) is 22.7. The molecule has 1 N–H and O–H groups in total. The predicted octanol–water partition coefficient (Wildman–Crippen LogP) is 5.92. The summed E-state index contributed by atoms with van der Waals surface area (Å²) in [6.45, 7) is 4.49. The van der Waals surface area contributed by atoms with E-state index in [1.54, 1.807) is 35.5 Å². The van der Waals surface area contributed by atoms with Crippen molar-refractivity contribution < 1.29 is 4.79 Å². The molecule has 0 saturated carbocycles. The number of halogens is 2. The number of nitrogens with one attached hydrogen (secondary N) is 1. The third-order valence-electron chi connectivity index (χ3n) is 5.81. The Hall–Kier alpha value is -2.28. The van der Waals surface area contributed by atoms with Crippen molar-refractivity contribution in [3.05, 3.63) is 90.8 Å². The van der Waals surface area contributed by atoms with Crippen molar-refractivity contribution in [2.75, 3.05) is 12.3 Å². The molecular formula is C27H31Cl2N3O2S. The monoisotopic (exact) mass is 531 g/mol. The van der Waals surface area contributed by atoms with Crippen molar-refractivity contribution in [1.82, 2.24) is 14.9 Å². The summed E-state index contributed by atoms with van der Waals surface area (Å²) in [7, 11) is 1.77. The van der Waals surface area contributed by atoms with Gasteiger partial charge in [0.15, 0.2) is 5.16 Å². The average Bonchev–Trinajstić information content (AvgIpc) is 2.82. The highest BCUT2D eigenvalue weighted by Crippen LogP contribution is 2.21. The van der Waals surface area contributed by atoms with Gasteiger partial charge in [-0.1, -0.05) is 70.9 Å². The lowest BCUT2D eigenvalue weighted by Gasteiger charge is -2.12. The fourth-order valence-corrected chi connectivity index (χ4v) is 5.19. The molecule has 0 atom stereocenters. The molecule has 186 valence electrons. The molecule has 0 radical (unpaired) electrons. The van der Waals surface area contributed by atoms with Crippen molar-refractivity contribution in [2.45, 2.75) is 51.1 Å². The van der Waals surface area contributed by atoms with Crippen molar-refractivity contribution >= 4 is 40.9 Å². The lowest BCUT2D eigenvalue weighted by atomic mass is 10.0. The topological polar surface area (TPSA) is 64.0 Å². The van der Waals surface area contributed by atoms with Gasteiger partial charge in [0, 0.05) is 53.5 Å². The van der Waals surface area contributed by atoms with Gasteiger partial charge in [-0.05, 0) is 56.4 Å². The first-order chi connectivity index (χ1) is 16.7. The van der Waals surface area contributed by atoms with Gasteiger partial charge in [0.2, 0.25) is 5.91 Å². The van der Waals surface area contributed by atoms with Gasteiger partial charge in [0.1, 0.15) is 0 Å². The maximum absolute atomic E-state index is 12.9. The van der Waals surface area contributed by atoms with Crippen LogP contribution in [0.2, 0.25) is 10.0 Å². The molecule has 0 aliphatic carbocycles. The highest BCUT2D eigenvalue weighted by molar-refractivity contribution is 7.99. The van der Waals surface area contributed by atoms with E-state index in [0.717, 1.165) is 41.0 Å². The van der Waals surface area contributed by atoms with Crippen molar-refractivity contribution in [2.24, 2.45) is 7.05 Å². The first-order valence-corrected chi connectivity index (χ1v) is 13.4. The molecule has 5 nitrogen and oxygen atoms in total. The van der Waals surface area contributed by atoms with E-state index in [4.69, 9.17) is 23.2 Å². The molecule has 1 aromatic heterocycles. The van der Waals surface area contributed by atoms with Gasteiger partial charge >= 0.3 is 0 Å². The number of hydrogen-bond acceptors (Lipinski definition) is 4. The van der Waals surface area contributed by atoms with Gasteiger partial charge < -0.3 is 5.32 Å². The Kier molecular flexibility index (Phi) is 10.3. The minimum absolute atomic E-state index is 0.000688. The summed E-state index contributed by atoms with van der Waals surface area (Å²) in [5, 5.41) is 4.87. The molecule has 35 heavy (non-hydrogen) atoms. The molecular weight excluding hydrogens is 501 g/mol. The third kappa shape index (κ3) is 8.13. The van der Waals surface area contributed by atoms with Gasteiger partial charge in [-0.3, -0.25) is 14.2 Å². The van der Waals surface area contributed by atoms with Gasteiger partial charge in [0.25, 0.3) is 5.56 Å². The number of aryl methyl sites for hydroxylation is 2. The summed E-state index contributed by atoms with van der Waals surface area (Å²) in [5.74, 6) is 0.826. The molecule has 1 heterocycles. The lowest BCUT2D eigenvalue weighted by molar-refractivity contribution is -0.121. The SMILES string of the molecule is Cc1ccc(Cc2c(C)nc(SCCCCC(=O)NCCc3ccc(Cl)cc3Cl)n(C)c2=O)cc1. The number of aromatic nitrogens is 2. The molecule has 0 bridgehead atoms. The molecule has 0 spiro atoms. The Morgan fingerprint density at radius 1 is 1.09 bits per heavy atom. The Balaban J connectivity index is 1.41. The Morgan fingerprint density at radius 3 is 2.54 bits per heavy atom. The molecule has 0 aliphatic heterocycles. The largest absolute Gasteiger partial charge is 0.356 e. The van der Waals surface area contributed by atoms with E-state index in [1.165, 1.54) is 5.56 Å². The number of rotatable bonds is 11. The van der Waals surface area contributed by atoms with Crippen molar-refractivity contribution in [3.8, 4) is 0 Å². The molecule has 0 aliphatic rings. The first-order valence-electron chi connectivity index (χ1n) is 11.7. The lowest BCUT2D eigenvalue weighted by Crippen LogP contribution is -2.26. The quantitative estimate of drug-likeness (QED) is 0.189. The zero-order chi connectivity index (χ0) is 25.4. The average molecular weight is 533 g/mol. The molecule has 2 aromatic carbocycles. The minimum atomic E-state index is 0.000688. The molecule has 1 amide bonds. The summed E-state index contributed by atoms with van der Waals surface area (Å²) < 4.78 is 1.63. The maximum atomic E-state index is 12.9. The van der Waals surface area contributed by atoms with E-state index in [0.29, 0.717) is 41.0 Å². The Bertz CT molecular complexity index is 1230. The number of benzene rings is 2. The highest BCUT2D eigenvalue weighted by atomic mass is 35.5. The van der Waals surface area contributed by atoms with Crippen LogP contribution in [0.15, 0.2) is 52.4 Å². The summed E-state index contributed by atoms with van der Waals surface area (Å²) in [4.78, 5) is 29.8. The van der Waals surface area contributed by atoms with Gasteiger partial charge in [-0.15, -0.1) is 0 Å². The second-order valence-corrected chi connectivity index (χ2v) is 10.5. The van der Waals surface area contributed by atoms with Crippen LogP contribution in [0.4, 0.5) is 0 Å². The number of nitrogens with zero attached hydrogens (tertiary/aromatic N) is 2. The van der Waals surface area contributed by atoms with Crippen LogP contribution in [-0.2, 0) is 24.7 Å². The van der Waals surface area contributed by atoms with Crippen molar-refractivity contribution in [1.29, 1.82) is 0 Å². The molecule has 0 fully saturated rings. The fraction of sp³-hybridized carbons (Fsp3) is 0.370. The normalized spacial score (nSPS) is 11.0. The second kappa shape index (κ2) is 13.1. The highest BCUT2D eigenvalue weighted by Gasteiger charge is 2.13. The number of thioether (sulfide) groups is 1. The van der Waals surface area contributed by atoms with Gasteiger partial charge in [-0.2, -0.15) is 0 Å². The Labute approximate surface area is 221 Å². The smallest absolute Gasteiger partial charge is 0.257 e. The van der Waals surface area contributed by atoms with Crippen LogP contribution in [0.25, 0.3) is 0 Å². The molecule has 8 heteroatoms. The van der Waals surface area contributed by atoms with Crippen LogP contribution in [0, 0.1) is 13.8 Å². The maximum Gasteiger partial charge on any atom is 0.257 e. The van der Waals surface area contributed by atoms with Crippen LogP contribution < -0.4 is 10.9 Å². The summed E-state index contributed by atoms with van der Waals surface area (Å²) in [6.07, 6.45) is 3.35. The van der Waals surface area contributed by atoms with Crippen LogP contribution in [0.3, 0.4) is 0 Å². The summed E-state index contributed by atoms with van der Waals surface area (Å²) >= 11 is 13.6. The van der Waals surface area contributed by atoms with E-state index in [1.807, 2.05) is 19.9 Å². The van der Waals surface area contributed by atoms with Crippen molar-refractivity contribution in [3.63, 3.8) is 0 Å². The number of carbonyl (C=O) groups excluding carboxylic acids is 1.